The van der Waals surface area contributed by atoms with E-state index in [2.05, 4.69) is 5.32 Å². The normalized spacial score (nSPS) is 18.6. The topological polar surface area (TPSA) is 84.9 Å². The summed E-state index contributed by atoms with van der Waals surface area (Å²) in [6, 6.07) is 6.61. The Morgan fingerprint density at radius 3 is 2.60 bits per heavy atom. The molecule has 0 saturated carbocycles. The smallest absolute Gasteiger partial charge is 0.261 e. The van der Waals surface area contributed by atoms with E-state index < -0.39 is 16.1 Å². The molecule has 1 aromatic rings. The Hall–Kier alpha value is -1.80. The van der Waals surface area contributed by atoms with Gasteiger partial charge in [0.1, 0.15) is 5.75 Å². The zero-order chi connectivity index (χ0) is 18.4. The average Bonchev–Trinajstić information content (AvgIpc) is 3.10. The number of sulfonamides is 1. The van der Waals surface area contributed by atoms with E-state index in [0.29, 0.717) is 24.4 Å². The molecular weight excluding hydrogens is 344 g/mol. The van der Waals surface area contributed by atoms with Crippen molar-refractivity contribution in [3.63, 3.8) is 0 Å². The summed E-state index contributed by atoms with van der Waals surface area (Å²) in [6.07, 6.45) is 3.16. The van der Waals surface area contributed by atoms with Gasteiger partial charge in [-0.25, -0.2) is 8.42 Å². The standard InChI is InChI=1S/C17H26N2O5S/c1-4-16(17(20)18-12-15-6-5-11-23-15)24-14-9-7-13(8-10-14)19(2)25(3,21)22/h7-10,15-16H,4-6,11-12H2,1-3H3,(H,18,20)/t15-,16-/m1/s1. The highest BCUT2D eigenvalue weighted by molar-refractivity contribution is 7.92. The summed E-state index contributed by atoms with van der Waals surface area (Å²) in [5.74, 6) is 0.347. The van der Waals surface area contributed by atoms with Crippen LogP contribution in [0, 0.1) is 0 Å². The SMILES string of the molecule is CC[C@@H](Oc1ccc(N(C)S(C)(=O)=O)cc1)C(=O)NC[C@H]1CCCO1. The van der Waals surface area contributed by atoms with Crippen molar-refractivity contribution in [3.8, 4) is 5.75 Å². The van der Waals surface area contributed by atoms with Gasteiger partial charge in [0.05, 0.1) is 18.0 Å². The van der Waals surface area contributed by atoms with Gasteiger partial charge in [0.2, 0.25) is 10.0 Å². The summed E-state index contributed by atoms with van der Waals surface area (Å²) < 4.78 is 35.5. The fourth-order valence-corrected chi connectivity index (χ4v) is 3.05. The number of amides is 1. The average molecular weight is 370 g/mol. The summed E-state index contributed by atoms with van der Waals surface area (Å²) in [7, 11) is -1.82. The van der Waals surface area contributed by atoms with Crippen molar-refractivity contribution in [3.05, 3.63) is 24.3 Å². The van der Waals surface area contributed by atoms with Crippen LogP contribution in [0.2, 0.25) is 0 Å². The van der Waals surface area contributed by atoms with Gasteiger partial charge >= 0.3 is 0 Å². The highest BCUT2D eigenvalue weighted by atomic mass is 32.2. The molecule has 1 aromatic carbocycles. The van der Waals surface area contributed by atoms with Crippen molar-refractivity contribution in [1.82, 2.24) is 5.32 Å². The Labute approximate surface area is 149 Å². The van der Waals surface area contributed by atoms with Crippen LogP contribution in [0.3, 0.4) is 0 Å². The minimum absolute atomic E-state index is 0.0901. The van der Waals surface area contributed by atoms with E-state index in [4.69, 9.17) is 9.47 Å². The number of nitrogens with one attached hydrogen (secondary N) is 1. The zero-order valence-electron chi connectivity index (χ0n) is 14.9. The second kappa shape index (κ2) is 8.53. The van der Waals surface area contributed by atoms with Crippen molar-refractivity contribution >= 4 is 21.6 Å². The highest BCUT2D eigenvalue weighted by Crippen LogP contribution is 2.21. The molecule has 7 nitrogen and oxygen atoms in total. The van der Waals surface area contributed by atoms with Gasteiger partial charge in [-0.15, -0.1) is 0 Å². The maximum Gasteiger partial charge on any atom is 0.261 e. The van der Waals surface area contributed by atoms with Crippen molar-refractivity contribution in [2.75, 3.05) is 30.8 Å². The molecule has 0 aliphatic carbocycles. The van der Waals surface area contributed by atoms with Crippen molar-refractivity contribution in [1.29, 1.82) is 0 Å². The van der Waals surface area contributed by atoms with E-state index in [9.17, 15) is 13.2 Å². The molecule has 25 heavy (non-hydrogen) atoms. The second-order valence-electron chi connectivity index (χ2n) is 6.12. The summed E-state index contributed by atoms with van der Waals surface area (Å²) >= 11 is 0. The van der Waals surface area contributed by atoms with E-state index in [-0.39, 0.29) is 12.0 Å². The fourth-order valence-electron chi connectivity index (χ4n) is 2.55. The molecule has 0 aromatic heterocycles. The number of carbonyl (C=O) groups is 1. The molecule has 1 fully saturated rings. The van der Waals surface area contributed by atoms with Crippen LogP contribution in [0.25, 0.3) is 0 Å². The Bertz CT molecular complexity index is 669. The van der Waals surface area contributed by atoms with Gasteiger partial charge in [-0.1, -0.05) is 6.92 Å². The van der Waals surface area contributed by atoms with Crippen LogP contribution in [0.15, 0.2) is 24.3 Å². The maximum atomic E-state index is 12.3. The summed E-state index contributed by atoms with van der Waals surface area (Å²) in [5.41, 5.74) is 0.533. The van der Waals surface area contributed by atoms with Gasteiger partial charge < -0.3 is 14.8 Å². The summed E-state index contributed by atoms with van der Waals surface area (Å²) in [4.78, 5) is 12.3. The number of carbonyl (C=O) groups excluding carboxylic acids is 1. The first kappa shape index (κ1) is 19.5. The Morgan fingerprint density at radius 1 is 1.40 bits per heavy atom. The number of nitrogens with zero attached hydrogens (tertiary/aromatic N) is 1. The Kier molecular flexibility index (Phi) is 6.66. The summed E-state index contributed by atoms with van der Waals surface area (Å²) in [6.45, 7) is 3.13. The minimum atomic E-state index is -3.31. The number of benzene rings is 1. The first-order chi connectivity index (χ1) is 11.8. The molecule has 0 unspecified atom stereocenters. The molecule has 2 rings (SSSR count). The molecule has 1 aliphatic rings. The molecule has 1 saturated heterocycles. The molecule has 140 valence electrons. The lowest BCUT2D eigenvalue weighted by atomic mass is 10.2. The molecule has 2 atom stereocenters. The van der Waals surface area contributed by atoms with Crippen LogP contribution in [-0.2, 0) is 19.6 Å². The zero-order valence-corrected chi connectivity index (χ0v) is 15.7. The largest absolute Gasteiger partial charge is 0.481 e. The molecule has 0 spiro atoms. The van der Waals surface area contributed by atoms with Crippen molar-refractivity contribution < 1.29 is 22.7 Å². The van der Waals surface area contributed by atoms with Crippen LogP contribution in [0.4, 0.5) is 5.69 Å². The number of anilines is 1. The predicted molar refractivity (Wildman–Crippen MR) is 96.4 cm³/mol. The first-order valence-corrected chi connectivity index (χ1v) is 10.3. The minimum Gasteiger partial charge on any atom is -0.481 e. The molecule has 8 heteroatoms. The van der Waals surface area contributed by atoms with E-state index in [1.54, 1.807) is 24.3 Å². The van der Waals surface area contributed by atoms with Gasteiger partial charge in [0, 0.05) is 20.2 Å². The maximum absolute atomic E-state index is 12.3. The van der Waals surface area contributed by atoms with Crippen LogP contribution in [-0.4, -0.2) is 53.0 Å². The lowest BCUT2D eigenvalue weighted by Crippen LogP contribution is -2.41. The van der Waals surface area contributed by atoms with Gasteiger partial charge in [-0.3, -0.25) is 9.10 Å². The molecule has 0 bridgehead atoms. The van der Waals surface area contributed by atoms with E-state index in [0.717, 1.165) is 25.7 Å². The third-order valence-electron chi connectivity index (χ3n) is 4.17. The molecule has 0 radical (unpaired) electrons. The molecule has 1 N–H and O–H groups in total. The quantitative estimate of drug-likeness (QED) is 0.750. The van der Waals surface area contributed by atoms with Crippen LogP contribution in [0.1, 0.15) is 26.2 Å². The van der Waals surface area contributed by atoms with Gasteiger partial charge in [0.15, 0.2) is 6.10 Å². The molecular formula is C17H26N2O5S. The van der Waals surface area contributed by atoms with E-state index in [1.807, 2.05) is 6.92 Å². The number of rotatable bonds is 8. The third kappa shape index (κ3) is 5.61. The first-order valence-electron chi connectivity index (χ1n) is 8.41. The monoisotopic (exact) mass is 370 g/mol. The summed E-state index contributed by atoms with van der Waals surface area (Å²) in [5, 5.41) is 2.87. The third-order valence-corrected chi connectivity index (χ3v) is 5.37. The Morgan fingerprint density at radius 2 is 2.08 bits per heavy atom. The van der Waals surface area contributed by atoms with Crippen LogP contribution >= 0.6 is 0 Å². The van der Waals surface area contributed by atoms with Gasteiger partial charge in [-0.2, -0.15) is 0 Å². The van der Waals surface area contributed by atoms with Crippen LogP contribution in [0.5, 0.6) is 5.75 Å². The number of hydrogen-bond acceptors (Lipinski definition) is 5. The van der Waals surface area contributed by atoms with E-state index >= 15 is 0 Å². The van der Waals surface area contributed by atoms with Gasteiger partial charge in [0.25, 0.3) is 5.91 Å². The Balaban J connectivity index is 1.92. The number of hydrogen-bond donors (Lipinski definition) is 1. The predicted octanol–water partition coefficient (Wildman–Crippen LogP) is 1.53. The van der Waals surface area contributed by atoms with E-state index in [1.165, 1.54) is 11.4 Å². The lowest BCUT2D eigenvalue weighted by molar-refractivity contribution is -0.128. The number of ether oxygens (including phenoxy) is 2. The van der Waals surface area contributed by atoms with Gasteiger partial charge in [-0.05, 0) is 43.5 Å². The lowest BCUT2D eigenvalue weighted by Gasteiger charge is -2.20. The fraction of sp³-hybridized carbons (Fsp3) is 0.588. The highest BCUT2D eigenvalue weighted by Gasteiger charge is 2.21. The molecule has 1 amide bonds. The van der Waals surface area contributed by atoms with Crippen molar-refractivity contribution in [2.45, 2.75) is 38.4 Å². The molecule has 1 aliphatic heterocycles. The van der Waals surface area contributed by atoms with Crippen LogP contribution < -0.4 is 14.4 Å². The molecule has 1 heterocycles. The second-order valence-corrected chi connectivity index (χ2v) is 8.13. The van der Waals surface area contributed by atoms with Crippen molar-refractivity contribution in [2.24, 2.45) is 0 Å².